The molecule has 0 radical (unpaired) electrons. The summed E-state index contributed by atoms with van der Waals surface area (Å²) in [4.78, 5) is 13.3. The van der Waals surface area contributed by atoms with Crippen molar-refractivity contribution in [2.24, 2.45) is 0 Å². The zero-order chi connectivity index (χ0) is 14.3. The number of carbonyl (C=O) groups is 1. The highest BCUT2D eigenvalue weighted by Crippen LogP contribution is 2.34. The first-order valence-corrected chi connectivity index (χ1v) is 7.31. The fraction of sp³-hybridized carbons (Fsp3) is 0.267. The van der Waals surface area contributed by atoms with Gasteiger partial charge in [0.05, 0.1) is 4.83 Å². The Morgan fingerprint density at radius 3 is 2.85 bits per heavy atom. The van der Waals surface area contributed by atoms with Crippen molar-refractivity contribution in [3.05, 3.63) is 53.0 Å². The summed E-state index contributed by atoms with van der Waals surface area (Å²) in [5.41, 5.74) is 3.10. The average molecular weight is 335 g/mol. The molecule has 4 nitrogen and oxygen atoms in total. The molecule has 2 heterocycles. The summed E-state index contributed by atoms with van der Waals surface area (Å²) in [6.07, 6.45) is 0. The van der Waals surface area contributed by atoms with E-state index in [1.165, 1.54) is 0 Å². The van der Waals surface area contributed by atoms with Gasteiger partial charge in [-0.3, -0.25) is 0 Å². The first kappa shape index (κ1) is 13.2. The van der Waals surface area contributed by atoms with Crippen molar-refractivity contribution >= 4 is 27.6 Å². The van der Waals surface area contributed by atoms with Crippen LogP contribution in [0.4, 0.5) is 10.5 Å². The largest absolute Gasteiger partial charge is 0.465 e. The fourth-order valence-electron chi connectivity index (χ4n) is 2.32. The predicted octanol–water partition coefficient (Wildman–Crippen LogP) is 4.05. The zero-order valence-corrected chi connectivity index (χ0v) is 12.9. The minimum Gasteiger partial charge on any atom is -0.465 e. The summed E-state index contributed by atoms with van der Waals surface area (Å²) in [5.74, 6) is 1.78. The van der Waals surface area contributed by atoms with Crippen molar-refractivity contribution < 1.29 is 9.21 Å². The summed E-state index contributed by atoms with van der Waals surface area (Å²) >= 11 is 3.67. The van der Waals surface area contributed by atoms with E-state index in [-0.39, 0.29) is 10.9 Å². The van der Waals surface area contributed by atoms with Crippen LogP contribution in [0.5, 0.6) is 0 Å². The Kier molecular flexibility index (Phi) is 3.30. The molecular weight excluding hydrogens is 320 g/mol. The van der Waals surface area contributed by atoms with Crippen LogP contribution >= 0.6 is 15.9 Å². The van der Waals surface area contributed by atoms with Gasteiger partial charge in [-0.1, -0.05) is 28.1 Å². The molecule has 0 saturated heterocycles. The molecule has 0 spiro atoms. The van der Waals surface area contributed by atoms with Gasteiger partial charge in [0.15, 0.2) is 0 Å². The molecule has 0 aliphatic carbocycles. The van der Waals surface area contributed by atoms with Gasteiger partial charge >= 0.3 is 6.03 Å². The molecule has 1 aromatic carbocycles. The van der Waals surface area contributed by atoms with Crippen LogP contribution < -0.4 is 5.32 Å². The standard InChI is InChI=1S/C15H15BrN2O2/c1-9-3-6-13(20-9)14(16)10-4-5-12-11(7-10)8-18(2)15(19)17-12/h3-7,14H,8H2,1-2H3,(H,17,19). The second-order valence-corrected chi connectivity index (χ2v) is 5.93. The molecule has 2 amide bonds. The number of benzene rings is 1. The summed E-state index contributed by atoms with van der Waals surface area (Å²) in [5, 5.41) is 2.87. The number of fused-ring (bicyclic) bond motifs is 1. The highest BCUT2D eigenvalue weighted by Gasteiger charge is 2.21. The summed E-state index contributed by atoms with van der Waals surface area (Å²) in [6, 6.07) is 9.91. The lowest BCUT2D eigenvalue weighted by molar-refractivity contribution is 0.218. The molecule has 3 rings (SSSR count). The Bertz CT molecular complexity index is 666. The molecule has 1 aromatic heterocycles. The third kappa shape index (κ3) is 2.33. The molecule has 104 valence electrons. The maximum atomic E-state index is 11.6. The van der Waals surface area contributed by atoms with E-state index < -0.39 is 0 Å². The number of hydrogen-bond donors (Lipinski definition) is 1. The first-order valence-electron chi connectivity index (χ1n) is 6.40. The van der Waals surface area contributed by atoms with Gasteiger partial charge in [-0.05, 0) is 36.2 Å². The zero-order valence-electron chi connectivity index (χ0n) is 11.3. The molecule has 0 saturated carbocycles. The van der Waals surface area contributed by atoms with Crippen LogP contribution in [-0.4, -0.2) is 18.0 Å². The number of urea groups is 1. The topological polar surface area (TPSA) is 45.5 Å². The van der Waals surface area contributed by atoms with Crippen molar-refractivity contribution in [1.82, 2.24) is 4.90 Å². The monoisotopic (exact) mass is 334 g/mol. The normalized spacial score (nSPS) is 15.8. The van der Waals surface area contributed by atoms with Crippen LogP contribution in [0.1, 0.15) is 27.5 Å². The highest BCUT2D eigenvalue weighted by atomic mass is 79.9. The molecule has 5 heteroatoms. The van der Waals surface area contributed by atoms with Gasteiger partial charge in [-0.15, -0.1) is 0 Å². The maximum Gasteiger partial charge on any atom is 0.321 e. The van der Waals surface area contributed by atoms with Crippen LogP contribution in [0.3, 0.4) is 0 Å². The minimum absolute atomic E-state index is 0.0180. The maximum absolute atomic E-state index is 11.6. The van der Waals surface area contributed by atoms with E-state index in [4.69, 9.17) is 4.42 Å². The smallest absolute Gasteiger partial charge is 0.321 e. The lowest BCUT2D eigenvalue weighted by Crippen LogP contribution is -2.35. The summed E-state index contributed by atoms with van der Waals surface area (Å²) in [6.45, 7) is 2.55. The third-order valence-electron chi connectivity index (χ3n) is 3.43. The second-order valence-electron chi connectivity index (χ2n) is 5.01. The Balaban J connectivity index is 1.92. The number of nitrogens with one attached hydrogen (secondary N) is 1. The number of rotatable bonds is 2. The molecule has 20 heavy (non-hydrogen) atoms. The number of amides is 2. The van der Waals surface area contributed by atoms with Crippen molar-refractivity contribution in [3.8, 4) is 0 Å². The number of alkyl halides is 1. The Labute approximate surface area is 125 Å². The third-order valence-corrected chi connectivity index (χ3v) is 4.41. The number of aryl methyl sites for hydroxylation is 1. The van der Waals surface area contributed by atoms with Gasteiger partial charge in [0.25, 0.3) is 0 Å². The molecule has 1 unspecified atom stereocenters. The fourth-order valence-corrected chi connectivity index (χ4v) is 2.85. The number of nitrogens with zero attached hydrogens (tertiary/aromatic N) is 1. The lowest BCUT2D eigenvalue weighted by atomic mass is 10.0. The molecule has 2 aromatic rings. The summed E-state index contributed by atoms with van der Waals surface area (Å²) < 4.78 is 5.65. The Morgan fingerprint density at radius 1 is 1.35 bits per heavy atom. The van der Waals surface area contributed by atoms with Crippen LogP contribution in [0.25, 0.3) is 0 Å². The van der Waals surface area contributed by atoms with Gasteiger partial charge in [0, 0.05) is 19.3 Å². The van der Waals surface area contributed by atoms with Crippen molar-refractivity contribution in [1.29, 1.82) is 0 Å². The lowest BCUT2D eigenvalue weighted by Gasteiger charge is -2.26. The van der Waals surface area contributed by atoms with E-state index in [0.29, 0.717) is 6.54 Å². The van der Waals surface area contributed by atoms with E-state index in [2.05, 4.69) is 27.3 Å². The molecule has 1 atom stereocenters. The number of halogens is 1. The molecule has 0 fully saturated rings. The van der Waals surface area contributed by atoms with Crippen LogP contribution in [-0.2, 0) is 6.54 Å². The van der Waals surface area contributed by atoms with Gasteiger partial charge in [0.1, 0.15) is 11.5 Å². The molecule has 1 aliphatic heterocycles. The Hall–Kier alpha value is -1.75. The van der Waals surface area contributed by atoms with E-state index in [1.807, 2.05) is 31.2 Å². The first-order chi connectivity index (χ1) is 9.54. The van der Waals surface area contributed by atoms with E-state index in [1.54, 1.807) is 11.9 Å². The van der Waals surface area contributed by atoms with Crippen LogP contribution in [0.2, 0.25) is 0 Å². The number of hydrogen-bond acceptors (Lipinski definition) is 2. The van der Waals surface area contributed by atoms with Gasteiger partial charge in [-0.25, -0.2) is 4.79 Å². The van der Waals surface area contributed by atoms with Crippen LogP contribution in [0, 0.1) is 6.92 Å². The molecule has 1 aliphatic rings. The van der Waals surface area contributed by atoms with Gasteiger partial charge in [-0.2, -0.15) is 0 Å². The van der Waals surface area contributed by atoms with Gasteiger partial charge < -0.3 is 14.6 Å². The summed E-state index contributed by atoms with van der Waals surface area (Å²) in [7, 11) is 1.78. The van der Waals surface area contributed by atoms with Crippen molar-refractivity contribution in [3.63, 3.8) is 0 Å². The molecule has 1 N–H and O–H groups in total. The average Bonchev–Trinajstić information content (AvgIpc) is 2.85. The quantitative estimate of drug-likeness (QED) is 0.842. The highest BCUT2D eigenvalue weighted by molar-refractivity contribution is 9.09. The van der Waals surface area contributed by atoms with E-state index in [0.717, 1.165) is 28.3 Å². The SMILES string of the molecule is Cc1ccc(C(Br)c2ccc3c(c2)CN(C)C(=O)N3)o1. The van der Waals surface area contributed by atoms with Crippen molar-refractivity contribution in [2.75, 3.05) is 12.4 Å². The van der Waals surface area contributed by atoms with Crippen LogP contribution in [0.15, 0.2) is 34.7 Å². The second kappa shape index (κ2) is 4.98. The van der Waals surface area contributed by atoms with Crippen molar-refractivity contribution in [2.45, 2.75) is 18.3 Å². The predicted molar refractivity (Wildman–Crippen MR) is 81.1 cm³/mol. The molecular formula is C15H15BrN2O2. The van der Waals surface area contributed by atoms with E-state index in [9.17, 15) is 4.79 Å². The minimum atomic E-state index is -0.0673. The Morgan fingerprint density at radius 2 is 2.15 bits per heavy atom. The van der Waals surface area contributed by atoms with E-state index >= 15 is 0 Å². The molecule has 0 bridgehead atoms. The van der Waals surface area contributed by atoms with Gasteiger partial charge in [0.2, 0.25) is 0 Å². The number of furan rings is 1. The number of carbonyl (C=O) groups excluding carboxylic acids is 1. The number of anilines is 1.